The molecule has 1 N–H and O–H groups in total. The van der Waals surface area contributed by atoms with E-state index in [1.54, 1.807) is 12.1 Å². The van der Waals surface area contributed by atoms with Gasteiger partial charge in [-0.3, -0.25) is 9.10 Å². The molecule has 1 saturated carbocycles. The van der Waals surface area contributed by atoms with E-state index in [9.17, 15) is 13.2 Å². The number of nitrogens with zero attached hydrogens (tertiary/aromatic N) is 2. The molecule has 0 spiro atoms. The van der Waals surface area contributed by atoms with Crippen molar-refractivity contribution >= 4 is 27.3 Å². The van der Waals surface area contributed by atoms with Crippen LogP contribution in [0.1, 0.15) is 32.1 Å². The minimum Gasteiger partial charge on any atom is -0.378 e. The average Bonchev–Trinajstić information content (AvgIpc) is 2.99. The third-order valence-electron chi connectivity index (χ3n) is 4.32. The SMILES string of the molecule is CN(C)c1ccc(N(CCC(=O)NC2CCCC2)S(C)(=O)=O)cc1. The van der Waals surface area contributed by atoms with Crippen molar-refractivity contribution in [2.75, 3.05) is 36.1 Å². The Kier molecular flexibility index (Phi) is 6.10. The maximum absolute atomic E-state index is 12.1. The molecule has 0 unspecified atom stereocenters. The summed E-state index contributed by atoms with van der Waals surface area (Å²) < 4.78 is 25.5. The molecule has 1 aliphatic rings. The summed E-state index contributed by atoms with van der Waals surface area (Å²) in [7, 11) is 0.420. The van der Waals surface area contributed by atoms with Crippen LogP contribution in [0, 0.1) is 0 Å². The van der Waals surface area contributed by atoms with Gasteiger partial charge in [-0.25, -0.2) is 8.42 Å². The lowest BCUT2D eigenvalue weighted by Gasteiger charge is -2.23. The van der Waals surface area contributed by atoms with Crippen LogP contribution in [0.4, 0.5) is 11.4 Å². The molecule has 0 heterocycles. The number of benzene rings is 1. The zero-order valence-electron chi connectivity index (χ0n) is 14.7. The van der Waals surface area contributed by atoms with Crippen molar-refractivity contribution in [1.82, 2.24) is 5.32 Å². The van der Waals surface area contributed by atoms with E-state index < -0.39 is 10.0 Å². The van der Waals surface area contributed by atoms with Crippen molar-refractivity contribution in [3.63, 3.8) is 0 Å². The van der Waals surface area contributed by atoms with Crippen LogP contribution in [-0.4, -0.2) is 47.3 Å². The van der Waals surface area contributed by atoms with Crippen molar-refractivity contribution in [3.05, 3.63) is 24.3 Å². The average molecular weight is 353 g/mol. The van der Waals surface area contributed by atoms with Gasteiger partial charge in [-0.1, -0.05) is 12.8 Å². The van der Waals surface area contributed by atoms with Gasteiger partial charge in [0.15, 0.2) is 0 Å². The molecule has 0 aromatic heterocycles. The number of nitrogens with one attached hydrogen (secondary N) is 1. The highest BCUT2D eigenvalue weighted by atomic mass is 32.2. The molecule has 0 saturated heterocycles. The zero-order valence-corrected chi connectivity index (χ0v) is 15.5. The first-order chi connectivity index (χ1) is 11.3. The Hall–Kier alpha value is -1.76. The molecule has 1 aromatic carbocycles. The molecule has 2 rings (SSSR count). The van der Waals surface area contributed by atoms with Gasteiger partial charge in [0.1, 0.15) is 0 Å². The molecular weight excluding hydrogens is 326 g/mol. The molecule has 1 aromatic rings. The number of sulfonamides is 1. The van der Waals surface area contributed by atoms with Crippen LogP contribution in [0.25, 0.3) is 0 Å². The second kappa shape index (κ2) is 7.88. The molecule has 1 amide bonds. The van der Waals surface area contributed by atoms with Gasteiger partial charge in [-0.05, 0) is 37.1 Å². The lowest BCUT2D eigenvalue weighted by Crippen LogP contribution is -2.37. The van der Waals surface area contributed by atoms with E-state index in [-0.39, 0.29) is 24.9 Å². The predicted octanol–water partition coefficient (Wildman–Crippen LogP) is 1.97. The summed E-state index contributed by atoms with van der Waals surface area (Å²) in [5.74, 6) is -0.0829. The van der Waals surface area contributed by atoms with E-state index in [4.69, 9.17) is 0 Å². The number of rotatable bonds is 7. The normalized spacial score (nSPS) is 15.3. The van der Waals surface area contributed by atoms with Crippen molar-refractivity contribution in [2.24, 2.45) is 0 Å². The van der Waals surface area contributed by atoms with Crippen molar-refractivity contribution in [1.29, 1.82) is 0 Å². The van der Waals surface area contributed by atoms with Crippen molar-refractivity contribution in [2.45, 2.75) is 38.1 Å². The number of carbonyl (C=O) groups is 1. The van der Waals surface area contributed by atoms with Gasteiger partial charge in [0, 0.05) is 38.8 Å². The van der Waals surface area contributed by atoms with Crippen LogP contribution < -0.4 is 14.5 Å². The number of amides is 1. The van der Waals surface area contributed by atoms with E-state index in [0.717, 1.165) is 31.4 Å². The van der Waals surface area contributed by atoms with E-state index in [1.807, 2.05) is 31.1 Å². The first-order valence-electron chi connectivity index (χ1n) is 8.32. The molecule has 134 valence electrons. The summed E-state index contributed by atoms with van der Waals surface area (Å²) in [6, 6.07) is 7.53. The van der Waals surface area contributed by atoms with Gasteiger partial charge in [-0.2, -0.15) is 0 Å². The minimum absolute atomic E-state index is 0.0829. The standard InChI is InChI=1S/C17H27N3O3S/c1-19(2)15-8-10-16(11-9-15)20(24(3,22)23)13-12-17(21)18-14-6-4-5-7-14/h8-11,14H,4-7,12-13H2,1-3H3,(H,18,21). The first-order valence-corrected chi connectivity index (χ1v) is 10.2. The first kappa shape index (κ1) is 18.6. The fourth-order valence-corrected chi connectivity index (χ4v) is 3.90. The summed E-state index contributed by atoms with van der Waals surface area (Å²) in [6.45, 7) is 0.151. The van der Waals surface area contributed by atoms with Crippen LogP contribution >= 0.6 is 0 Å². The molecular formula is C17H27N3O3S. The number of carbonyl (C=O) groups excluding carboxylic acids is 1. The second-order valence-electron chi connectivity index (χ2n) is 6.54. The van der Waals surface area contributed by atoms with Gasteiger partial charge in [-0.15, -0.1) is 0 Å². The summed E-state index contributed by atoms with van der Waals surface area (Å²) in [5, 5.41) is 2.99. The lowest BCUT2D eigenvalue weighted by molar-refractivity contribution is -0.121. The number of hydrogen-bond acceptors (Lipinski definition) is 4. The van der Waals surface area contributed by atoms with E-state index in [2.05, 4.69) is 5.32 Å². The van der Waals surface area contributed by atoms with Crippen LogP contribution in [-0.2, 0) is 14.8 Å². The molecule has 0 bridgehead atoms. The topological polar surface area (TPSA) is 69.7 Å². The third kappa shape index (κ3) is 5.12. The third-order valence-corrected chi connectivity index (χ3v) is 5.51. The Morgan fingerprint density at radius 1 is 1.12 bits per heavy atom. The maximum atomic E-state index is 12.1. The van der Waals surface area contributed by atoms with Gasteiger partial charge >= 0.3 is 0 Å². The molecule has 0 atom stereocenters. The molecule has 6 nitrogen and oxygen atoms in total. The summed E-state index contributed by atoms with van der Waals surface area (Å²) in [5.41, 5.74) is 1.57. The van der Waals surface area contributed by atoms with Gasteiger partial charge in [0.2, 0.25) is 15.9 Å². The van der Waals surface area contributed by atoms with Crippen LogP contribution in [0.5, 0.6) is 0 Å². The molecule has 0 radical (unpaired) electrons. The number of hydrogen-bond donors (Lipinski definition) is 1. The van der Waals surface area contributed by atoms with Gasteiger partial charge in [0.05, 0.1) is 11.9 Å². The Morgan fingerprint density at radius 3 is 2.17 bits per heavy atom. The Balaban J connectivity index is 2.01. The second-order valence-corrected chi connectivity index (χ2v) is 8.45. The molecule has 1 aliphatic carbocycles. The van der Waals surface area contributed by atoms with Gasteiger partial charge < -0.3 is 10.2 Å². The zero-order chi connectivity index (χ0) is 17.7. The highest BCUT2D eigenvalue weighted by Gasteiger charge is 2.21. The highest BCUT2D eigenvalue weighted by molar-refractivity contribution is 7.92. The minimum atomic E-state index is -3.43. The predicted molar refractivity (Wildman–Crippen MR) is 98.0 cm³/mol. The Bertz CT molecular complexity index is 650. The highest BCUT2D eigenvalue weighted by Crippen LogP contribution is 2.22. The van der Waals surface area contributed by atoms with Gasteiger partial charge in [0.25, 0.3) is 0 Å². The quantitative estimate of drug-likeness (QED) is 0.814. The Morgan fingerprint density at radius 2 is 1.67 bits per heavy atom. The smallest absolute Gasteiger partial charge is 0.232 e. The largest absolute Gasteiger partial charge is 0.378 e. The van der Waals surface area contributed by atoms with Crippen LogP contribution in [0.2, 0.25) is 0 Å². The summed E-state index contributed by atoms with van der Waals surface area (Å²) in [4.78, 5) is 14.0. The van der Waals surface area contributed by atoms with Crippen LogP contribution in [0.3, 0.4) is 0 Å². The van der Waals surface area contributed by atoms with E-state index >= 15 is 0 Å². The fourth-order valence-electron chi connectivity index (χ4n) is 2.98. The van der Waals surface area contributed by atoms with Crippen LogP contribution in [0.15, 0.2) is 24.3 Å². The summed E-state index contributed by atoms with van der Waals surface area (Å²) >= 11 is 0. The number of anilines is 2. The van der Waals surface area contributed by atoms with Crippen molar-refractivity contribution < 1.29 is 13.2 Å². The van der Waals surface area contributed by atoms with E-state index in [1.165, 1.54) is 10.6 Å². The Labute approximate surface area is 144 Å². The molecule has 24 heavy (non-hydrogen) atoms. The lowest BCUT2D eigenvalue weighted by atomic mass is 10.2. The molecule has 1 fully saturated rings. The monoisotopic (exact) mass is 353 g/mol. The molecule has 0 aliphatic heterocycles. The summed E-state index contributed by atoms with van der Waals surface area (Å²) in [6.07, 6.45) is 5.68. The fraction of sp³-hybridized carbons (Fsp3) is 0.588. The van der Waals surface area contributed by atoms with E-state index in [0.29, 0.717) is 5.69 Å². The maximum Gasteiger partial charge on any atom is 0.232 e. The van der Waals surface area contributed by atoms with Crippen molar-refractivity contribution in [3.8, 4) is 0 Å². The molecule has 7 heteroatoms.